The highest BCUT2D eigenvalue weighted by atomic mass is 16.2. The first-order valence-corrected chi connectivity index (χ1v) is 9.30. The van der Waals surface area contributed by atoms with Crippen molar-refractivity contribution >= 4 is 5.91 Å². The van der Waals surface area contributed by atoms with Gasteiger partial charge in [0.15, 0.2) is 0 Å². The van der Waals surface area contributed by atoms with Crippen LogP contribution in [0.25, 0.3) is 5.69 Å². The second-order valence-electron chi connectivity index (χ2n) is 7.02. The molecule has 1 amide bonds. The second-order valence-corrected chi connectivity index (χ2v) is 7.02. The Labute approximate surface area is 154 Å². The van der Waals surface area contributed by atoms with Crippen LogP contribution < -0.4 is 0 Å². The zero-order chi connectivity index (χ0) is 18.1. The van der Waals surface area contributed by atoms with Gasteiger partial charge in [-0.15, -0.1) is 0 Å². The molecule has 0 fully saturated rings. The summed E-state index contributed by atoms with van der Waals surface area (Å²) in [5.41, 5.74) is 5.88. The van der Waals surface area contributed by atoms with Crippen molar-refractivity contribution < 1.29 is 4.79 Å². The molecule has 0 spiro atoms. The number of para-hydroxylation sites is 1. The molecule has 0 saturated carbocycles. The van der Waals surface area contributed by atoms with Crippen molar-refractivity contribution in [3.63, 3.8) is 0 Å². The smallest absolute Gasteiger partial charge is 0.223 e. The Kier molecular flexibility index (Phi) is 4.37. The fourth-order valence-corrected chi connectivity index (χ4v) is 3.84. The van der Waals surface area contributed by atoms with Gasteiger partial charge in [0.05, 0.1) is 11.7 Å². The van der Waals surface area contributed by atoms with Gasteiger partial charge < -0.3 is 9.47 Å². The monoisotopic (exact) mass is 344 g/mol. The third-order valence-electron chi connectivity index (χ3n) is 5.14. The highest BCUT2D eigenvalue weighted by Crippen LogP contribution is 2.37. The summed E-state index contributed by atoms with van der Waals surface area (Å²) >= 11 is 0. The molecule has 3 nitrogen and oxygen atoms in total. The zero-order valence-corrected chi connectivity index (χ0v) is 15.4. The summed E-state index contributed by atoms with van der Waals surface area (Å²) in [6, 6.07) is 21.1. The van der Waals surface area contributed by atoms with E-state index in [1.165, 1.54) is 11.1 Å². The van der Waals surface area contributed by atoms with Crippen LogP contribution in [0.3, 0.4) is 0 Å². The third kappa shape index (κ3) is 2.84. The molecule has 26 heavy (non-hydrogen) atoms. The minimum Gasteiger partial charge on any atom is -0.326 e. The van der Waals surface area contributed by atoms with Crippen LogP contribution in [0.5, 0.6) is 0 Å². The van der Waals surface area contributed by atoms with Crippen LogP contribution in [0.2, 0.25) is 0 Å². The molecule has 0 aliphatic carbocycles. The molecule has 3 aromatic rings. The number of carbonyl (C=O) groups excluding carboxylic acids is 1. The lowest BCUT2D eigenvalue weighted by molar-refractivity contribution is -0.133. The number of rotatable bonds is 3. The number of fused-ring (bicyclic) bond motifs is 3. The molecule has 0 saturated heterocycles. The van der Waals surface area contributed by atoms with E-state index in [2.05, 4.69) is 85.3 Å². The number of aromatic nitrogens is 1. The van der Waals surface area contributed by atoms with Gasteiger partial charge in [0.1, 0.15) is 0 Å². The van der Waals surface area contributed by atoms with Gasteiger partial charge >= 0.3 is 0 Å². The van der Waals surface area contributed by atoms with Crippen molar-refractivity contribution in [2.75, 3.05) is 0 Å². The standard InChI is InChI=1S/C23H24N2O/c1-3-7-22(26)25-16-19-8-4-5-9-20(19)24-15-6-10-21(24)23(25)18-13-11-17(2)12-14-18/h4-6,8-15,23H,3,7,16H2,1-2H3/t23-/m0/s1. The van der Waals surface area contributed by atoms with Gasteiger partial charge in [0, 0.05) is 24.9 Å². The summed E-state index contributed by atoms with van der Waals surface area (Å²) in [4.78, 5) is 15.1. The predicted octanol–water partition coefficient (Wildman–Crippen LogP) is 5.02. The molecular formula is C23H24N2O. The largest absolute Gasteiger partial charge is 0.326 e. The van der Waals surface area contributed by atoms with Crippen molar-refractivity contribution in [1.82, 2.24) is 9.47 Å². The molecule has 4 rings (SSSR count). The van der Waals surface area contributed by atoms with E-state index in [1.807, 2.05) is 4.90 Å². The lowest BCUT2D eigenvalue weighted by Crippen LogP contribution is -2.34. The van der Waals surface area contributed by atoms with E-state index in [9.17, 15) is 4.79 Å². The van der Waals surface area contributed by atoms with E-state index < -0.39 is 0 Å². The number of hydrogen-bond donors (Lipinski definition) is 0. The Balaban J connectivity index is 1.91. The fourth-order valence-electron chi connectivity index (χ4n) is 3.84. The fraction of sp³-hybridized carbons (Fsp3) is 0.261. The average molecular weight is 344 g/mol. The normalized spacial score (nSPS) is 15.9. The first-order chi connectivity index (χ1) is 12.7. The maximum absolute atomic E-state index is 13.1. The SMILES string of the molecule is CCCC(=O)N1Cc2ccccc2-n2cccc2[C@@H]1c1ccc(C)cc1. The topological polar surface area (TPSA) is 25.2 Å². The Morgan fingerprint density at radius 1 is 1.04 bits per heavy atom. The molecular weight excluding hydrogens is 320 g/mol. The summed E-state index contributed by atoms with van der Waals surface area (Å²) in [5, 5.41) is 0. The number of hydrogen-bond acceptors (Lipinski definition) is 1. The van der Waals surface area contributed by atoms with E-state index in [4.69, 9.17) is 0 Å². The quantitative estimate of drug-likeness (QED) is 0.655. The summed E-state index contributed by atoms with van der Waals surface area (Å²) in [6.07, 6.45) is 3.53. The number of carbonyl (C=O) groups is 1. The molecule has 3 heteroatoms. The van der Waals surface area contributed by atoms with E-state index in [1.54, 1.807) is 0 Å². The highest BCUT2D eigenvalue weighted by molar-refractivity contribution is 5.77. The van der Waals surface area contributed by atoms with Gasteiger partial charge in [0.25, 0.3) is 0 Å². The van der Waals surface area contributed by atoms with Crippen LogP contribution >= 0.6 is 0 Å². The first-order valence-electron chi connectivity index (χ1n) is 9.30. The van der Waals surface area contributed by atoms with Crippen molar-refractivity contribution in [3.8, 4) is 5.69 Å². The maximum atomic E-state index is 13.1. The number of amides is 1. The minimum absolute atomic E-state index is 0.0722. The number of benzene rings is 2. The molecule has 0 bridgehead atoms. The lowest BCUT2D eigenvalue weighted by Gasteiger charge is -2.31. The second kappa shape index (κ2) is 6.83. The summed E-state index contributed by atoms with van der Waals surface area (Å²) in [5.74, 6) is 0.211. The molecule has 0 unspecified atom stereocenters. The van der Waals surface area contributed by atoms with E-state index in [0.29, 0.717) is 13.0 Å². The third-order valence-corrected chi connectivity index (χ3v) is 5.14. The van der Waals surface area contributed by atoms with Crippen LogP contribution in [0.15, 0.2) is 66.9 Å². The van der Waals surface area contributed by atoms with Gasteiger partial charge in [-0.05, 0) is 42.7 Å². The minimum atomic E-state index is -0.0722. The van der Waals surface area contributed by atoms with Gasteiger partial charge in [-0.2, -0.15) is 0 Å². The van der Waals surface area contributed by atoms with Crippen LogP contribution in [0.4, 0.5) is 0 Å². The first kappa shape index (κ1) is 16.6. The van der Waals surface area contributed by atoms with Crippen LogP contribution in [0, 0.1) is 6.92 Å². The summed E-state index contributed by atoms with van der Waals surface area (Å²) in [6.45, 7) is 4.79. The van der Waals surface area contributed by atoms with Crippen molar-refractivity contribution in [1.29, 1.82) is 0 Å². The van der Waals surface area contributed by atoms with Crippen molar-refractivity contribution in [2.24, 2.45) is 0 Å². The van der Waals surface area contributed by atoms with E-state index >= 15 is 0 Å². The van der Waals surface area contributed by atoms with Gasteiger partial charge in [-0.25, -0.2) is 0 Å². The van der Waals surface area contributed by atoms with Crippen molar-refractivity contribution in [2.45, 2.75) is 39.3 Å². The lowest BCUT2D eigenvalue weighted by atomic mass is 10.00. The molecule has 0 radical (unpaired) electrons. The average Bonchev–Trinajstić information content (AvgIpc) is 3.07. The molecule has 1 atom stereocenters. The summed E-state index contributed by atoms with van der Waals surface area (Å²) in [7, 11) is 0. The Morgan fingerprint density at radius 2 is 1.81 bits per heavy atom. The Bertz CT molecular complexity index is 923. The molecule has 2 heterocycles. The van der Waals surface area contributed by atoms with Gasteiger partial charge in [-0.3, -0.25) is 4.79 Å². The highest BCUT2D eigenvalue weighted by Gasteiger charge is 2.32. The molecule has 132 valence electrons. The van der Waals surface area contributed by atoms with Crippen LogP contribution in [-0.2, 0) is 11.3 Å². The molecule has 1 aromatic heterocycles. The predicted molar refractivity (Wildman–Crippen MR) is 104 cm³/mol. The molecule has 1 aliphatic heterocycles. The van der Waals surface area contributed by atoms with Gasteiger partial charge in [0.2, 0.25) is 5.91 Å². The molecule has 0 N–H and O–H groups in total. The summed E-state index contributed by atoms with van der Waals surface area (Å²) < 4.78 is 2.24. The van der Waals surface area contributed by atoms with Crippen LogP contribution in [-0.4, -0.2) is 15.4 Å². The van der Waals surface area contributed by atoms with E-state index in [-0.39, 0.29) is 11.9 Å². The van der Waals surface area contributed by atoms with Gasteiger partial charge in [-0.1, -0.05) is 55.0 Å². The number of aryl methyl sites for hydroxylation is 1. The zero-order valence-electron chi connectivity index (χ0n) is 15.4. The molecule has 1 aliphatic rings. The Hall–Kier alpha value is -2.81. The maximum Gasteiger partial charge on any atom is 0.223 e. The van der Waals surface area contributed by atoms with E-state index in [0.717, 1.165) is 23.4 Å². The van der Waals surface area contributed by atoms with Crippen molar-refractivity contribution in [3.05, 3.63) is 89.2 Å². The number of nitrogens with zero attached hydrogens (tertiary/aromatic N) is 2. The molecule has 2 aromatic carbocycles. The Morgan fingerprint density at radius 3 is 2.58 bits per heavy atom. The van der Waals surface area contributed by atoms with Crippen LogP contribution in [0.1, 0.15) is 48.2 Å².